The molecule has 2 heterocycles. The fourth-order valence-corrected chi connectivity index (χ4v) is 3.41. The molecule has 0 amide bonds. The van der Waals surface area contributed by atoms with Crippen molar-refractivity contribution in [2.24, 2.45) is 13.0 Å². The van der Waals surface area contributed by atoms with Gasteiger partial charge in [-0.05, 0) is 29.8 Å². The molecule has 3 aromatic rings. The molecule has 1 aromatic heterocycles. The van der Waals surface area contributed by atoms with Gasteiger partial charge in [0.2, 0.25) is 5.90 Å². The van der Waals surface area contributed by atoms with Crippen molar-refractivity contribution < 1.29 is 9.13 Å². The van der Waals surface area contributed by atoms with Crippen LogP contribution in [0.3, 0.4) is 0 Å². The number of rotatable bonds is 1. The predicted molar refractivity (Wildman–Crippen MR) is 88.6 cm³/mol. The minimum Gasteiger partial charge on any atom is -0.441 e. The molecule has 0 saturated carbocycles. The number of nitrogens with zero attached hydrogens (tertiary/aromatic N) is 2. The van der Waals surface area contributed by atoms with Gasteiger partial charge in [-0.3, -0.25) is 5.41 Å². The fraction of sp³-hybridized carbons (Fsp3) is 0.158. The quantitative estimate of drug-likeness (QED) is 0.738. The molecular weight excluding hydrogens is 305 g/mol. The summed E-state index contributed by atoms with van der Waals surface area (Å²) in [5, 5.41) is 18.6. The summed E-state index contributed by atoms with van der Waals surface area (Å²) in [5.41, 5.74) is 2.46. The van der Waals surface area contributed by atoms with Crippen molar-refractivity contribution in [3.63, 3.8) is 0 Å². The Labute approximate surface area is 138 Å². The zero-order chi connectivity index (χ0) is 16.8. The molecule has 1 aliphatic heterocycles. The van der Waals surface area contributed by atoms with E-state index >= 15 is 0 Å². The number of nitrogens with one attached hydrogen (secondary N) is 1. The highest BCUT2D eigenvalue weighted by atomic mass is 19.1. The first-order valence-corrected chi connectivity index (χ1v) is 7.59. The number of nitriles is 1. The van der Waals surface area contributed by atoms with Crippen LogP contribution in [0.4, 0.5) is 4.39 Å². The molecule has 0 radical (unpaired) electrons. The maximum atomic E-state index is 13.7. The van der Waals surface area contributed by atoms with E-state index in [9.17, 15) is 9.65 Å². The van der Waals surface area contributed by atoms with Gasteiger partial charge < -0.3 is 9.30 Å². The summed E-state index contributed by atoms with van der Waals surface area (Å²) in [6.45, 7) is 0. The Morgan fingerprint density at radius 2 is 2.08 bits per heavy atom. The van der Waals surface area contributed by atoms with Gasteiger partial charge in [-0.25, -0.2) is 4.39 Å². The lowest BCUT2D eigenvalue weighted by Crippen LogP contribution is -2.31. The molecule has 1 N–H and O–H groups in total. The highest BCUT2D eigenvalue weighted by molar-refractivity contribution is 5.94. The minimum absolute atomic E-state index is 0.101. The first-order chi connectivity index (χ1) is 11.6. The van der Waals surface area contributed by atoms with E-state index < -0.39 is 11.8 Å². The third-order valence-corrected chi connectivity index (χ3v) is 4.56. The predicted octanol–water partition coefficient (Wildman–Crippen LogP) is 3.96. The van der Waals surface area contributed by atoms with Crippen molar-refractivity contribution in [3.05, 3.63) is 65.6 Å². The molecule has 118 valence electrons. The van der Waals surface area contributed by atoms with E-state index in [1.165, 1.54) is 12.1 Å². The van der Waals surface area contributed by atoms with E-state index in [4.69, 9.17) is 10.1 Å². The summed E-state index contributed by atoms with van der Waals surface area (Å²) < 4.78 is 21.4. The van der Waals surface area contributed by atoms with Gasteiger partial charge in [0, 0.05) is 30.1 Å². The molecular formula is C19H14FN3O. The summed E-state index contributed by atoms with van der Waals surface area (Å²) in [7, 11) is 1.94. The Morgan fingerprint density at radius 3 is 2.83 bits per heavy atom. The second-order valence-electron chi connectivity index (χ2n) is 5.95. The molecule has 24 heavy (non-hydrogen) atoms. The van der Waals surface area contributed by atoms with Crippen LogP contribution in [-0.2, 0) is 7.05 Å². The summed E-state index contributed by atoms with van der Waals surface area (Å²) >= 11 is 0. The first kappa shape index (κ1) is 14.5. The van der Waals surface area contributed by atoms with Gasteiger partial charge in [0.05, 0.1) is 11.6 Å². The summed E-state index contributed by atoms with van der Waals surface area (Å²) in [4.78, 5) is 0. The number of ether oxygens (including phenoxy) is 1. The summed E-state index contributed by atoms with van der Waals surface area (Å²) in [6.07, 6.45) is 1.92. The van der Waals surface area contributed by atoms with Gasteiger partial charge in [0.1, 0.15) is 17.5 Å². The van der Waals surface area contributed by atoms with Crippen molar-refractivity contribution in [1.29, 1.82) is 10.7 Å². The largest absolute Gasteiger partial charge is 0.441 e. The van der Waals surface area contributed by atoms with Crippen LogP contribution < -0.4 is 4.74 Å². The van der Waals surface area contributed by atoms with Gasteiger partial charge in [-0.1, -0.05) is 18.2 Å². The molecule has 2 aromatic carbocycles. The summed E-state index contributed by atoms with van der Waals surface area (Å²) in [6, 6.07) is 14.1. The first-order valence-electron chi connectivity index (χ1n) is 7.59. The lowest BCUT2D eigenvalue weighted by atomic mass is 9.78. The molecule has 0 aliphatic carbocycles. The van der Waals surface area contributed by atoms with Crippen molar-refractivity contribution >= 4 is 16.8 Å². The monoisotopic (exact) mass is 319 g/mol. The molecule has 4 nitrogen and oxygen atoms in total. The Morgan fingerprint density at radius 1 is 1.25 bits per heavy atom. The van der Waals surface area contributed by atoms with E-state index in [0.717, 1.165) is 16.5 Å². The van der Waals surface area contributed by atoms with Crippen LogP contribution in [0.2, 0.25) is 0 Å². The third-order valence-electron chi connectivity index (χ3n) is 4.56. The molecule has 1 aliphatic rings. The number of halogens is 1. The molecule has 0 saturated heterocycles. The van der Waals surface area contributed by atoms with E-state index in [-0.39, 0.29) is 11.7 Å². The fourth-order valence-electron chi connectivity index (χ4n) is 3.41. The van der Waals surface area contributed by atoms with Gasteiger partial charge in [-0.2, -0.15) is 5.26 Å². The van der Waals surface area contributed by atoms with E-state index in [0.29, 0.717) is 11.3 Å². The molecule has 2 unspecified atom stereocenters. The van der Waals surface area contributed by atoms with Crippen LogP contribution in [0.1, 0.15) is 17.0 Å². The number of hydrogen-bond donors (Lipinski definition) is 1. The van der Waals surface area contributed by atoms with Crippen LogP contribution in [0, 0.1) is 28.5 Å². The standard InChI is InChI=1S/C19H14FN3O/c1-23-8-7-13-16(23)6-5-14-17(11-3-2-4-12(20)9-11)15(10-21)19(22)24-18(13)14/h2-9,15,17,22H,1H3. The average molecular weight is 319 g/mol. The Balaban J connectivity index is 2.00. The minimum atomic E-state index is -0.777. The van der Waals surface area contributed by atoms with Gasteiger partial charge >= 0.3 is 0 Å². The second kappa shape index (κ2) is 5.20. The highest BCUT2D eigenvalue weighted by Gasteiger charge is 2.37. The summed E-state index contributed by atoms with van der Waals surface area (Å²) in [5.74, 6) is -1.08. The smallest absolute Gasteiger partial charge is 0.205 e. The Bertz CT molecular complexity index is 1020. The maximum absolute atomic E-state index is 13.7. The van der Waals surface area contributed by atoms with Gasteiger partial charge in [0.25, 0.3) is 0 Å². The highest BCUT2D eigenvalue weighted by Crippen LogP contribution is 2.45. The Hall–Kier alpha value is -3.13. The number of fused-ring (bicyclic) bond motifs is 3. The average Bonchev–Trinajstić information content (AvgIpc) is 2.95. The SMILES string of the molecule is Cn1ccc2c3c(ccc21)C(c1cccc(F)c1)C(C#N)C(=N)O3. The number of aryl methyl sites for hydroxylation is 1. The van der Waals surface area contributed by atoms with Crippen LogP contribution in [0.15, 0.2) is 48.7 Å². The third kappa shape index (κ3) is 2.00. The normalized spacial score (nSPS) is 19.6. The number of aromatic nitrogens is 1. The zero-order valence-electron chi connectivity index (χ0n) is 13.0. The molecule has 2 atom stereocenters. The van der Waals surface area contributed by atoms with E-state index in [1.54, 1.807) is 12.1 Å². The molecule has 0 bridgehead atoms. The van der Waals surface area contributed by atoms with Gasteiger partial charge in [0.15, 0.2) is 0 Å². The van der Waals surface area contributed by atoms with Crippen LogP contribution in [-0.4, -0.2) is 10.5 Å². The second-order valence-corrected chi connectivity index (χ2v) is 5.95. The van der Waals surface area contributed by atoms with Crippen molar-refractivity contribution in [2.75, 3.05) is 0 Å². The lowest BCUT2D eigenvalue weighted by molar-refractivity contribution is 0.454. The van der Waals surface area contributed by atoms with Gasteiger partial charge in [-0.15, -0.1) is 0 Å². The van der Waals surface area contributed by atoms with E-state index in [1.807, 2.05) is 36.0 Å². The number of benzene rings is 2. The van der Waals surface area contributed by atoms with Crippen molar-refractivity contribution in [1.82, 2.24) is 4.57 Å². The van der Waals surface area contributed by atoms with Crippen molar-refractivity contribution in [2.45, 2.75) is 5.92 Å². The Kier molecular flexibility index (Phi) is 3.14. The van der Waals surface area contributed by atoms with Crippen LogP contribution in [0.25, 0.3) is 10.9 Å². The lowest BCUT2D eigenvalue weighted by Gasteiger charge is -2.30. The number of hydrogen-bond acceptors (Lipinski definition) is 3. The maximum Gasteiger partial charge on any atom is 0.205 e. The zero-order valence-corrected chi connectivity index (χ0v) is 13.0. The molecule has 0 spiro atoms. The van der Waals surface area contributed by atoms with Crippen LogP contribution >= 0.6 is 0 Å². The molecule has 4 rings (SSSR count). The van der Waals surface area contributed by atoms with Crippen molar-refractivity contribution in [3.8, 4) is 11.8 Å². The topological polar surface area (TPSA) is 61.8 Å². The molecule has 0 fully saturated rings. The molecule has 5 heteroatoms. The van der Waals surface area contributed by atoms with Crippen LogP contribution in [0.5, 0.6) is 5.75 Å². The van der Waals surface area contributed by atoms with E-state index in [2.05, 4.69) is 6.07 Å².